The molecule has 0 aliphatic carbocycles. The third-order valence-electron chi connectivity index (χ3n) is 2.25. The number of hydrogen-bond acceptors (Lipinski definition) is 4. The molecule has 0 heterocycles. The van der Waals surface area contributed by atoms with E-state index in [1.165, 1.54) is 0 Å². The maximum Gasteiger partial charge on any atom is 0.0655 e. The summed E-state index contributed by atoms with van der Waals surface area (Å²) >= 11 is 4.04. The average Bonchev–Trinajstić information content (AvgIpc) is 1.97. The Hall–Kier alpha value is 0.230. The summed E-state index contributed by atoms with van der Waals surface area (Å²) in [5, 5.41) is 19.2. The van der Waals surface area contributed by atoms with Crippen LogP contribution in [0.25, 0.3) is 0 Å². The fourth-order valence-corrected chi connectivity index (χ4v) is 2.10. The summed E-state index contributed by atoms with van der Waals surface area (Å²) in [6.07, 6.45) is 0.634. The van der Waals surface area contributed by atoms with Crippen molar-refractivity contribution in [1.29, 1.82) is 0 Å². The third kappa shape index (κ3) is 8.39. The molecular weight excluding hydrogens is 224 g/mol. The zero-order chi connectivity index (χ0) is 13.0. The average molecular weight is 250 g/mol. The van der Waals surface area contributed by atoms with Gasteiger partial charge in [-0.1, -0.05) is 0 Å². The van der Waals surface area contributed by atoms with E-state index in [4.69, 9.17) is 4.74 Å². The molecule has 0 spiro atoms. The van der Waals surface area contributed by atoms with Crippen molar-refractivity contribution in [2.75, 3.05) is 5.75 Å². The van der Waals surface area contributed by atoms with Crippen LogP contribution in [0, 0.1) is 0 Å². The molecule has 2 N–H and O–H groups in total. The van der Waals surface area contributed by atoms with Crippen molar-refractivity contribution >= 4 is 12.6 Å². The van der Waals surface area contributed by atoms with Crippen LogP contribution in [0.5, 0.6) is 0 Å². The van der Waals surface area contributed by atoms with Crippen molar-refractivity contribution in [2.24, 2.45) is 0 Å². The van der Waals surface area contributed by atoms with Crippen molar-refractivity contribution in [3.8, 4) is 0 Å². The largest absolute Gasteiger partial charge is 0.392 e. The molecule has 0 aromatic carbocycles. The van der Waals surface area contributed by atoms with Crippen molar-refractivity contribution in [1.82, 2.24) is 0 Å². The number of hydrogen-bond donors (Lipinski definition) is 3. The second kappa shape index (κ2) is 6.24. The molecule has 2 unspecified atom stereocenters. The van der Waals surface area contributed by atoms with Crippen LogP contribution >= 0.6 is 12.6 Å². The van der Waals surface area contributed by atoms with Gasteiger partial charge in [0.2, 0.25) is 0 Å². The van der Waals surface area contributed by atoms with Crippen molar-refractivity contribution in [3.63, 3.8) is 0 Å². The Kier molecular flexibility index (Phi) is 6.33. The van der Waals surface area contributed by atoms with E-state index < -0.39 is 17.3 Å². The number of ether oxygens (including phenoxy) is 1. The molecule has 0 amide bonds. The Morgan fingerprint density at radius 2 is 1.69 bits per heavy atom. The smallest absolute Gasteiger partial charge is 0.0655 e. The predicted octanol–water partition coefficient (Wildman–Crippen LogP) is 2.01. The molecule has 0 rings (SSSR count). The molecule has 16 heavy (non-hydrogen) atoms. The summed E-state index contributed by atoms with van der Waals surface area (Å²) in [5.74, 6) is 0.437. The lowest BCUT2D eigenvalue weighted by molar-refractivity contribution is -0.106. The maximum absolute atomic E-state index is 9.67. The summed E-state index contributed by atoms with van der Waals surface area (Å²) in [4.78, 5) is 0. The van der Waals surface area contributed by atoms with Gasteiger partial charge in [-0.05, 0) is 34.6 Å². The SMILES string of the molecule is CC(CC(C)(C)O)OC(C)(C)CC(O)CS. The summed E-state index contributed by atoms with van der Waals surface area (Å²) in [5.41, 5.74) is -1.12. The molecule has 2 atom stereocenters. The first-order chi connectivity index (χ1) is 7.06. The fraction of sp³-hybridized carbons (Fsp3) is 1.00. The molecule has 98 valence electrons. The van der Waals surface area contributed by atoms with Gasteiger partial charge in [0.15, 0.2) is 0 Å². The van der Waals surface area contributed by atoms with E-state index in [1.54, 1.807) is 13.8 Å². The molecule has 0 aliphatic heterocycles. The molecule has 0 aliphatic rings. The highest BCUT2D eigenvalue weighted by Crippen LogP contribution is 2.23. The molecule has 0 saturated heterocycles. The Balaban J connectivity index is 4.14. The summed E-state index contributed by atoms with van der Waals surface area (Å²) < 4.78 is 5.83. The van der Waals surface area contributed by atoms with Crippen molar-refractivity contribution < 1.29 is 14.9 Å². The standard InChI is InChI=1S/C12H26O3S/c1-9(6-11(2,3)14)15-12(4,5)7-10(13)8-16/h9-10,13-14,16H,6-8H2,1-5H3. The van der Waals surface area contributed by atoms with E-state index in [9.17, 15) is 10.2 Å². The molecule has 0 bridgehead atoms. The van der Waals surface area contributed by atoms with Crippen LogP contribution in [0.15, 0.2) is 0 Å². The minimum Gasteiger partial charge on any atom is -0.392 e. The third-order valence-corrected chi connectivity index (χ3v) is 2.67. The first-order valence-electron chi connectivity index (χ1n) is 5.75. The highest BCUT2D eigenvalue weighted by molar-refractivity contribution is 7.80. The predicted molar refractivity (Wildman–Crippen MR) is 70.0 cm³/mol. The molecule has 0 aromatic heterocycles. The van der Waals surface area contributed by atoms with Crippen LogP contribution in [0.2, 0.25) is 0 Å². The zero-order valence-electron chi connectivity index (χ0n) is 11.0. The maximum atomic E-state index is 9.67. The van der Waals surface area contributed by atoms with E-state index >= 15 is 0 Å². The first kappa shape index (κ1) is 16.2. The lowest BCUT2D eigenvalue weighted by Gasteiger charge is -2.33. The van der Waals surface area contributed by atoms with Gasteiger partial charge in [0.25, 0.3) is 0 Å². The topological polar surface area (TPSA) is 49.7 Å². The number of aliphatic hydroxyl groups excluding tert-OH is 1. The second-order valence-corrected chi connectivity index (χ2v) is 6.11. The Bertz CT molecular complexity index is 199. The zero-order valence-corrected chi connectivity index (χ0v) is 11.9. The molecule has 3 nitrogen and oxygen atoms in total. The summed E-state index contributed by atoms with van der Waals surface area (Å²) in [7, 11) is 0. The van der Waals surface area contributed by atoms with E-state index in [2.05, 4.69) is 12.6 Å². The highest BCUT2D eigenvalue weighted by Gasteiger charge is 2.27. The van der Waals surface area contributed by atoms with Crippen LogP contribution in [0.1, 0.15) is 47.5 Å². The van der Waals surface area contributed by atoms with Crippen molar-refractivity contribution in [3.05, 3.63) is 0 Å². The Labute approximate surface area is 105 Å². The van der Waals surface area contributed by atoms with Gasteiger partial charge in [-0.25, -0.2) is 0 Å². The van der Waals surface area contributed by atoms with Crippen LogP contribution in [0.4, 0.5) is 0 Å². The lowest BCUT2D eigenvalue weighted by atomic mass is 9.98. The van der Waals surface area contributed by atoms with Gasteiger partial charge in [0.05, 0.1) is 23.4 Å². The van der Waals surface area contributed by atoms with Gasteiger partial charge >= 0.3 is 0 Å². The Morgan fingerprint density at radius 3 is 2.06 bits per heavy atom. The van der Waals surface area contributed by atoms with Crippen LogP contribution in [-0.2, 0) is 4.74 Å². The number of rotatable bonds is 7. The highest BCUT2D eigenvalue weighted by atomic mass is 32.1. The molecular formula is C12H26O3S. The molecule has 4 heteroatoms. The normalized spacial score (nSPS) is 17.2. The second-order valence-electron chi connectivity index (χ2n) is 5.75. The summed E-state index contributed by atoms with van der Waals surface area (Å²) in [6, 6.07) is 0. The minimum absolute atomic E-state index is 0.0397. The van der Waals surface area contributed by atoms with Gasteiger partial charge in [0.1, 0.15) is 0 Å². The van der Waals surface area contributed by atoms with E-state index in [0.717, 1.165) is 0 Å². The molecule has 0 fully saturated rings. The van der Waals surface area contributed by atoms with Gasteiger partial charge in [-0.3, -0.25) is 0 Å². The van der Waals surface area contributed by atoms with Crippen molar-refractivity contribution in [2.45, 2.75) is 70.9 Å². The minimum atomic E-state index is -0.725. The van der Waals surface area contributed by atoms with Gasteiger partial charge < -0.3 is 14.9 Å². The van der Waals surface area contributed by atoms with Gasteiger partial charge in [-0.15, -0.1) is 0 Å². The monoisotopic (exact) mass is 250 g/mol. The van der Waals surface area contributed by atoms with Gasteiger partial charge in [0, 0.05) is 18.6 Å². The Morgan fingerprint density at radius 1 is 1.19 bits per heavy atom. The molecule has 0 saturated carbocycles. The number of thiol groups is 1. The van der Waals surface area contributed by atoms with Gasteiger partial charge in [-0.2, -0.15) is 12.6 Å². The molecule has 0 radical (unpaired) electrons. The lowest BCUT2D eigenvalue weighted by Crippen LogP contribution is -2.36. The van der Waals surface area contributed by atoms with E-state index in [0.29, 0.717) is 18.6 Å². The van der Waals surface area contributed by atoms with E-state index in [-0.39, 0.29) is 6.10 Å². The fourth-order valence-electron chi connectivity index (χ4n) is 1.97. The van der Waals surface area contributed by atoms with Crippen LogP contribution in [0.3, 0.4) is 0 Å². The first-order valence-corrected chi connectivity index (χ1v) is 6.38. The van der Waals surface area contributed by atoms with Crippen LogP contribution in [-0.4, -0.2) is 39.4 Å². The number of aliphatic hydroxyl groups is 2. The van der Waals surface area contributed by atoms with Crippen LogP contribution < -0.4 is 0 Å². The molecule has 0 aromatic rings. The summed E-state index contributed by atoms with van der Waals surface area (Å²) in [6.45, 7) is 9.36. The quantitative estimate of drug-likeness (QED) is 0.606. The van der Waals surface area contributed by atoms with E-state index in [1.807, 2.05) is 20.8 Å².